The number of benzene rings is 1. The van der Waals surface area contributed by atoms with E-state index in [-0.39, 0.29) is 0 Å². The van der Waals surface area contributed by atoms with E-state index in [0.29, 0.717) is 11.8 Å². The van der Waals surface area contributed by atoms with Crippen LogP contribution < -0.4 is 0 Å². The summed E-state index contributed by atoms with van der Waals surface area (Å²) >= 11 is 0. The summed E-state index contributed by atoms with van der Waals surface area (Å²) in [5, 5.41) is 9.90. The van der Waals surface area contributed by atoms with E-state index in [9.17, 15) is 5.26 Å². The van der Waals surface area contributed by atoms with E-state index in [1.807, 2.05) is 43.3 Å². The van der Waals surface area contributed by atoms with Gasteiger partial charge in [-0.2, -0.15) is 5.26 Å². The first-order valence-corrected chi connectivity index (χ1v) is 7.72. The van der Waals surface area contributed by atoms with Gasteiger partial charge >= 0.3 is 0 Å². The van der Waals surface area contributed by atoms with Crippen molar-refractivity contribution in [1.29, 1.82) is 5.26 Å². The van der Waals surface area contributed by atoms with Gasteiger partial charge in [-0.1, -0.05) is 36.4 Å². The summed E-state index contributed by atoms with van der Waals surface area (Å²) in [6.45, 7) is 0. The van der Waals surface area contributed by atoms with Crippen LogP contribution in [0.15, 0.2) is 54.7 Å². The Balaban J connectivity index is 1.83. The van der Waals surface area contributed by atoms with Crippen LogP contribution in [-0.2, 0) is 5.54 Å². The van der Waals surface area contributed by atoms with Gasteiger partial charge in [-0.3, -0.25) is 9.88 Å². The Morgan fingerprint density at radius 2 is 1.91 bits per heavy atom. The molecule has 3 heteroatoms. The van der Waals surface area contributed by atoms with Gasteiger partial charge in [-0.05, 0) is 56.5 Å². The second-order valence-corrected chi connectivity index (χ2v) is 6.30. The van der Waals surface area contributed by atoms with Crippen molar-refractivity contribution in [3.63, 3.8) is 0 Å². The van der Waals surface area contributed by atoms with Crippen molar-refractivity contribution < 1.29 is 0 Å². The quantitative estimate of drug-likeness (QED) is 0.845. The summed E-state index contributed by atoms with van der Waals surface area (Å²) in [5.41, 5.74) is 1.59. The van der Waals surface area contributed by atoms with E-state index >= 15 is 0 Å². The van der Waals surface area contributed by atoms with Crippen molar-refractivity contribution in [3.8, 4) is 6.07 Å². The summed E-state index contributed by atoms with van der Waals surface area (Å²) < 4.78 is 0. The number of aromatic nitrogens is 1. The van der Waals surface area contributed by atoms with Gasteiger partial charge < -0.3 is 0 Å². The van der Waals surface area contributed by atoms with Crippen LogP contribution >= 0.6 is 0 Å². The number of nitriles is 1. The third-order valence-electron chi connectivity index (χ3n) is 4.74. The Labute approximate surface area is 132 Å². The van der Waals surface area contributed by atoms with Crippen LogP contribution in [0.3, 0.4) is 0 Å². The molecule has 3 rings (SSSR count). The SMILES string of the molecule is CN(C)C(C#N)(C[C@@H]1C[C@H]1c1ccccc1)c1ccccn1. The van der Waals surface area contributed by atoms with Gasteiger partial charge in [0.15, 0.2) is 5.54 Å². The van der Waals surface area contributed by atoms with E-state index < -0.39 is 5.54 Å². The summed E-state index contributed by atoms with van der Waals surface area (Å²) in [7, 11) is 3.94. The summed E-state index contributed by atoms with van der Waals surface area (Å²) in [6, 6.07) is 19.0. The van der Waals surface area contributed by atoms with E-state index in [2.05, 4.69) is 35.3 Å². The molecule has 0 saturated heterocycles. The first-order chi connectivity index (χ1) is 10.7. The van der Waals surface area contributed by atoms with Gasteiger partial charge in [0.1, 0.15) is 0 Å². The maximum absolute atomic E-state index is 9.90. The topological polar surface area (TPSA) is 39.9 Å². The van der Waals surface area contributed by atoms with Crippen LogP contribution in [0.2, 0.25) is 0 Å². The smallest absolute Gasteiger partial charge is 0.151 e. The van der Waals surface area contributed by atoms with E-state index in [0.717, 1.165) is 18.5 Å². The average Bonchev–Trinajstić information content (AvgIpc) is 3.33. The van der Waals surface area contributed by atoms with Crippen LogP contribution in [0.5, 0.6) is 0 Å². The van der Waals surface area contributed by atoms with E-state index in [1.165, 1.54) is 5.56 Å². The summed E-state index contributed by atoms with van der Waals surface area (Å²) in [6.07, 6.45) is 3.76. The fourth-order valence-electron chi connectivity index (χ4n) is 3.29. The van der Waals surface area contributed by atoms with Crippen molar-refractivity contribution in [2.75, 3.05) is 14.1 Å². The van der Waals surface area contributed by atoms with Crippen molar-refractivity contribution in [1.82, 2.24) is 9.88 Å². The molecule has 3 atom stereocenters. The van der Waals surface area contributed by atoms with Crippen LogP contribution in [0, 0.1) is 17.2 Å². The molecular formula is C19H21N3. The third-order valence-corrected chi connectivity index (χ3v) is 4.74. The highest BCUT2D eigenvalue weighted by molar-refractivity contribution is 5.30. The Morgan fingerprint density at radius 1 is 1.18 bits per heavy atom. The minimum atomic E-state index is -0.643. The first-order valence-electron chi connectivity index (χ1n) is 7.72. The predicted molar refractivity (Wildman–Crippen MR) is 87.1 cm³/mol. The maximum Gasteiger partial charge on any atom is 0.151 e. The Kier molecular flexibility index (Phi) is 3.96. The monoisotopic (exact) mass is 291 g/mol. The molecule has 112 valence electrons. The van der Waals surface area contributed by atoms with Crippen molar-refractivity contribution in [3.05, 3.63) is 66.0 Å². The van der Waals surface area contributed by atoms with Crippen molar-refractivity contribution >= 4 is 0 Å². The van der Waals surface area contributed by atoms with Crippen LogP contribution in [0.25, 0.3) is 0 Å². The van der Waals surface area contributed by atoms with Gasteiger partial charge in [0.05, 0.1) is 11.8 Å². The normalized spacial score (nSPS) is 22.8. The molecule has 0 N–H and O–H groups in total. The first kappa shape index (κ1) is 14.7. The van der Waals surface area contributed by atoms with Crippen LogP contribution in [0.1, 0.15) is 30.0 Å². The number of hydrogen-bond acceptors (Lipinski definition) is 3. The molecule has 0 spiro atoms. The average molecular weight is 291 g/mol. The molecule has 1 aromatic heterocycles. The minimum Gasteiger partial charge on any atom is -0.287 e. The van der Waals surface area contributed by atoms with E-state index in [1.54, 1.807) is 6.20 Å². The maximum atomic E-state index is 9.90. The summed E-state index contributed by atoms with van der Waals surface area (Å²) in [4.78, 5) is 6.47. The highest BCUT2D eigenvalue weighted by Crippen LogP contribution is 2.53. The Hall–Kier alpha value is -2.18. The molecule has 0 radical (unpaired) electrons. The zero-order chi connectivity index (χ0) is 15.6. The molecule has 0 bridgehead atoms. The van der Waals surface area contributed by atoms with Gasteiger partial charge in [0.2, 0.25) is 0 Å². The number of hydrogen-bond donors (Lipinski definition) is 0. The molecule has 1 aliphatic rings. The number of rotatable bonds is 5. The van der Waals surface area contributed by atoms with Gasteiger partial charge in [0, 0.05) is 6.20 Å². The molecule has 0 amide bonds. The van der Waals surface area contributed by atoms with Crippen molar-refractivity contribution in [2.45, 2.75) is 24.3 Å². The Morgan fingerprint density at radius 3 is 2.50 bits per heavy atom. The van der Waals surface area contributed by atoms with Crippen LogP contribution in [-0.4, -0.2) is 24.0 Å². The molecule has 1 heterocycles. The molecule has 1 aromatic carbocycles. The Bertz CT molecular complexity index is 660. The zero-order valence-corrected chi connectivity index (χ0v) is 13.1. The second-order valence-electron chi connectivity index (χ2n) is 6.30. The van der Waals surface area contributed by atoms with Crippen LogP contribution in [0.4, 0.5) is 0 Å². The lowest BCUT2D eigenvalue weighted by molar-refractivity contribution is 0.188. The number of pyridine rings is 1. The highest BCUT2D eigenvalue weighted by atomic mass is 15.2. The molecular weight excluding hydrogens is 270 g/mol. The summed E-state index contributed by atoms with van der Waals surface area (Å²) in [5.74, 6) is 1.13. The molecule has 0 aliphatic heterocycles. The largest absolute Gasteiger partial charge is 0.287 e. The zero-order valence-electron chi connectivity index (χ0n) is 13.1. The fourth-order valence-corrected chi connectivity index (χ4v) is 3.29. The minimum absolute atomic E-state index is 0.548. The predicted octanol–water partition coefficient (Wildman–Crippen LogP) is 3.56. The van der Waals surface area contributed by atoms with Crippen molar-refractivity contribution in [2.24, 2.45) is 5.92 Å². The lowest BCUT2D eigenvalue weighted by Gasteiger charge is -2.33. The second kappa shape index (κ2) is 5.90. The standard InChI is InChI=1S/C19H21N3/c1-22(2)19(14-20,18-10-6-7-11-21-18)13-16-12-17(16)15-8-4-3-5-9-15/h3-11,16-17H,12-13H2,1-2H3/t16-,17-,19?/m0/s1. The molecule has 22 heavy (non-hydrogen) atoms. The fraction of sp³-hybridized carbons (Fsp3) is 0.368. The molecule has 1 fully saturated rings. The lowest BCUT2D eigenvalue weighted by atomic mass is 9.87. The lowest BCUT2D eigenvalue weighted by Crippen LogP contribution is -2.41. The highest BCUT2D eigenvalue weighted by Gasteiger charge is 2.47. The molecule has 3 nitrogen and oxygen atoms in total. The van der Waals surface area contributed by atoms with Gasteiger partial charge in [-0.25, -0.2) is 0 Å². The molecule has 1 unspecified atom stereocenters. The third kappa shape index (κ3) is 2.63. The number of nitrogens with zero attached hydrogens (tertiary/aromatic N) is 3. The van der Waals surface area contributed by atoms with Gasteiger partial charge in [-0.15, -0.1) is 0 Å². The molecule has 1 saturated carbocycles. The van der Waals surface area contributed by atoms with E-state index in [4.69, 9.17) is 0 Å². The van der Waals surface area contributed by atoms with Gasteiger partial charge in [0.25, 0.3) is 0 Å². The molecule has 2 aromatic rings. The molecule has 1 aliphatic carbocycles.